The summed E-state index contributed by atoms with van der Waals surface area (Å²) in [7, 11) is -3.71. The summed E-state index contributed by atoms with van der Waals surface area (Å²) in [5.74, 6) is 0.295. The summed E-state index contributed by atoms with van der Waals surface area (Å²) in [5, 5.41) is 0.347. The fourth-order valence-corrected chi connectivity index (χ4v) is 3.47. The van der Waals surface area contributed by atoms with Crippen LogP contribution in [0.1, 0.15) is 18.1 Å². The Morgan fingerprint density at radius 3 is 2.64 bits per heavy atom. The number of halogens is 1. The van der Waals surface area contributed by atoms with Crippen LogP contribution in [0.15, 0.2) is 47.4 Å². The molecule has 2 rings (SSSR count). The van der Waals surface area contributed by atoms with Gasteiger partial charge in [0, 0.05) is 11.6 Å². The monoisotopic (exact) mass is 339 g/mol. The molecule has 4 nitrogen and oxygen atoms in total. The van der Waals surface area contributed by atoms with Gasteiger partial charge in [0.1, 0.15) is 10.6 Å². The molecule has 0 atom stereocenters. The van der Waals surface area contributed by atoms with Gasteiger partial charge in [-0.3, -0.25) is 0 Å². The SMILES string of the molecule is CCOc1ccc(Cl)cc1S(=O)(=O)NCc1cccc(C)c1. The summed E-state index contributed by atoms with van der Waals surface area (Å²) in [6, 6.07) is 12.2. The average molecular weight is 340 g/mol. The molecule has 0 amide bonds. The first kappa shape index (κ1) is 16.8. The van der Waals surface area contributed by atoms with Gasteiger partial charge in [-0.15, -0.1) is 0 Å². The Morgan fingerprint density at radius 1 is 1.18 bits per heavy atom. The Balaban J connectivity index is 2.25. The maximum absolute atomic E-state index is 12.5. The molecule has 0 saturated carbocycles. The Labute approximate surface area is 136 Å². The van der Waals surface area contributed by atoms with Gasteiger partial charge in [-0.2, -0.15) is 0 Å². The Hall–Kier alpha value is -1.56. The lowest BCUT2D eigenvalue weighted by Crippen LogP contribution is -2.24. The molecule has 0 heterocycles. The first-order chi connectivity index (χ1) is 10.4. The first-order valence-electron chi connectivity index (χ1n) is 6.90. The molecule has 0 fully saturated rings. The molecule has 0 saturated heterocycles. The summed E-state index contributed by atoms with van der Waals surface area (Å²) in [6.45, 7) is 4.34. The number of sulfonamides is 1. The van der Waals surface area contributed by atoms with E-state index in [-0.39, 0.29) is 11.4 Å². The van der Waals surface area contributed by atoms with Gasteiger partial charge in [-0.1, -0.05) is 41.4 Å². The highest BCUT2D eigenvalue weighted by Gasteiger charge is 2.20. The van der Waals surface area contributed by atoms with Gasteiger partial charge in [0.15, 0.2) is 0 Å². The maximum Gasteiger partial charge on any atom is 0.244 e. The van der Waals surface area contributed by atoms with Crippen LogP contribution in [0.5, 0.6) is 5.75 Å². The lowest BCUT2D eigenvalue weighted by Gasteiger charge is -2.12. The van der Waals surface area contributed by atoms with Crippen LogP contribution in [-0.2, 0) is 16.6 Å². The molecule has 0 aliphatic rings. The van der Waals surface area contributed by atoms with Crippen LogP contribution < -0.4 is 9.46 Å². The molecule has 118 valence electrons. The lowest BCUT2D eigenvalue weighted by atomic mass is 10.1. The summed E-state index contributed by atoms with van der Waals surface area (Å²) < 4.78 is 32.9. The van der Waals surface area contributed by atoms with Crippen molar-refractivity contribution in [2.75, 3.05) is 6.61 Å². The Bertz CT molecular complexity index is 760. The van der Waals surface area contributed by atoms with E-state index in [1.165, 1.54) is 6.07 Å². The van der Waals surface area contributed by atoms with Crippen molar-refractivity contribution in [2.45, 2.75) is 25.3 Å². The van der Waals surface area contributed by atoms with E-state index in [0.717, 1.165) is 11.1 Å². The lowest BCUT2D eigenvalue weighted by molar-refractivity contribution is 0.331. The highest BCUT2D eigenvalue weighted by Crippen LogP contribution is 2.27. The zero-order chi connectivity index (χ0) is 16.2. The maximum atomic E-state index is 12.5. The van der Waals surface area contributed by atoms with Crippen LogP contribution in [0.3, 0.4) is 0 Å². The van der Waals surface area contributed by atoms with E-state index >= 15 is 0 Å². The number of hydrogen-bond acceptors (Lipinski definition) is 3. The number of ether oxygens (including phenoxy) is 1. The van der Waals surface area contributed by atoms with Gasteiger partial charge in [-0.25, -0.2) is 13.1 Å². The zero-order valence-electron chi connectivity index (χ0n) is 12.5. The normalized spacial score (nSPS) is 11.4. The molecule has 0 aromatic heterocycles. The largest absolute Gasteiger partial charge is 0.492 e. The minimum atomic E-state index is -3.71. The van der Waals surface area contributed by atoms with E-state index in [0.29, 0.717) is 17.4 Å². The van der Waals surface area contributed by atoms with Crippen molar-refractivity contribution in [1.29, 1.82) is 0 Å². The third-order valence-electron chi connectivity index (χ3n) is 3.04. The Morgan fingerprint density at radius 2 is 1.95 bits per heavy atom. The zero-order valence-corrected chi connectivity index (χ0v) is 14.0. The third kappa shape index (κ3) is 4.22. The molecule has 0 spiro atoms. The Kier molecular flexibility index (Phi) is 5.45. The van der Waals surface area contributed by atoms with Crippen LogP contribution in [0.25, 0.3) is 0 Å². The van der Waals surface area contributed by atoms with Crippen LogP contribution in [-0.4, -0.2) is 15.0 Å². The molecule has 0 bridgehead atoms. The molecule has 1 N–H and O–H groups in total. The van der Waals surface area contributed by atoms with Crippen LogP contribution in [0.4, 0.5) is 0 Å². The van der Waals surface area contributed by atoms with Gasteiger partial charge >= 0.3 is 0 Å². The van der Waals surface area contributed by atoms with Crippen molar-refractivity contribution < 1.29 is 13.2 Å². The van der Waals surface area contributed by atoms with Crippen molar-refractivity contribution >= 4 is 21.6 Å². The fourth-order valence-electron chi connectivity index (χ4n) is 2.04. The topological polar surface area (TPSA) is 55.4 Å². The molecule has 2 aromatic carbocycles. The summed E-state index contributed by atoms with van der Waals surface area (Å²) in [4.78, 5) is 0.0505. The smallest absolute Gasteiger partial charge is 0.244 e. The van der Waals surface area contributed by atoms with Crippen molar-refractivity contribution in [3.8, 4) is 5.75 Å². The number of benzene rings is 2. The highest BCUT2D eigenvalue weighted by atomic mass is 35.5. The number of nitrogens with one attached hydrogen (secondary N) is 1. The van der Waals surface area contributed by atoms with Crippen LogP contribution in [0, 0.1) is 6.92 Å². The molecule has 2 aromatic rings. The van der Waals surface area contributed by atoms with Crippen LogP contribution in [0.2, 0.25) is 5.02 Å². The van der Waals surface area contributed by atoms with Crippen LogP contribution >= 0.6 is 11.6 Å². The minimum absolute atomic E-state index is 0.0505. The van der Waals surface area contributed by atoms with E-state index in [1.807, 2.05) is 31.2 Å². The summed E-state index contributed by atoms with van der Waals surface area (Å²) >= 11 is 5.91. The van der Waals surface area contributed by atoms with Gasteiger partial charge in [-0.05, 0) is 37.6 Å². The minimum Gasteiger partial charge on any atom is -0.492 e. The predicted molar refractivity (Wildman–Crippen MR) is 87.8 cm³/mol. The average Bonchev–Trinajstić information content (AvgIpc) is 2.47. The third-order valence-corrected chi connectivity index (χ3v) is 4.70. The fraction of sp³-hybridized carbons (Fsp3) is 0.250. The van der Waals surface area contributed by atoms with Crippen molar-refractivity contribution in [3.63, 3.8) is 0 Å². The molecule has 22 heavy (non-hydrogen) atoms. The van der Waals surface area contributed by atoms with Crippen molar-refractivity contribution in [2.24, 2.45) is 0 Å². The summed E-state index contributed by atoms with van der Waals surface area (Å²) in [6.07, 6.45) is 0. The molecule has 0 radical (unpaired) electrons. The molecule has 0 unspecified atom stereocenters. The number of hydrogen-bond donors (Lipinski definition) is 1. The second-order valence-electron chi connectivity index (χ2n) is 4.84. The second-order valence-corrected chi connectivity index (χ2v) is 7.01. The predicted octanol–water partition coefficient (Wildman–Crippen LogP) is 3.53. The van der Waals surface area contributed by atoms with E-state index in [1.54, 1.807) is 19.1 Å². The number of rotatable bonds is 6. The van der Waals surface area contributed by atoms with Crippen molar-refractivity contribution in [1.82, 2.24) is 4.72 Å². The van der Waals surface area contributed by atoms with E-state index in [9.17, 15) is 8.42 Å². The molecular weight excluding hydrogens is 322 g/mol. The highest BCUT2D eigenvalue weighted by molar-refractivity contribution is 7.89. The van der Waals surface area contributed by atoms with Gasteiger partial charge < -0.3 is 4.74 Å². The van der Waals surface area contributed by atoms with E-state index in [4.69, 9.17) is 16.3 Å². The van der Waals surface area contributed by atoms with Gasteiger partial charge in [0.25, 0.3) is 0 Å². The van der Waals surface area contributed by atoms with Crippen molar-refractivity contribution in [3.05, 3.63) is 58.6 Å². The summed E-state index contributed by atoms with van der Waals surface area (Å²) in [5.41, 5.74) is 1.97. The molecule has 6 heteroatoms. The first-order valence-corrected chi connectivity index (χ1v) is 8.76. The van der Waals surface area contributed by atoms with Gasteiger partial charge in [0.2, 0.25) is 10.0 Å². The molecular formula is C16H18ClNO3S. The van der Waals surface area contributed by atoms with E-state index < -0.39 is 10.0 Å². The molecule has 0 aliphatic heterocycles. The second kappa shape index (κ2) is 7.13. The van der Waals surface area contributed by atoms with Gasteiger partial charge in [0.05, 0.1) is 6.61 Å². The van der Waals surface area contributed by atoms with E-state index in [2.05, 4.69) is 4.72 Å². The molecule has 0 aliphatic carbocycles. The quantitative estimate of drug-likeness (QED) is 0.876. The standard InChI is InChI=1S/C16H18ClNO3S/c1-3-21-15-8-7-14(17)10-16(15)22(19,20)18-11-13-6-4-5-12(2)9-13/h4-10,18H,3,11H2,1-2H3. The number of aryl methyl sites for hydroxylation is 1.